The van der Waals surface area contributed by atoms with Gasteiger partial charge in [0.05, 0.1) is 30.2 Å². The summed E-state index contributed by atoms with van der Waals surface area (Å²) in [7, 11) is 0. The second-order valence-electron chi connectivity index (χ2n) is 6.59. The average Bonchev–Trinajstić information content (AvgIpc) is 2.68. The fourth-order valence-corrected chi connectivity index (χ4v) is 4.23. The molecule has 1 aliphatic carbocycles. The number of aliphatic hydroxyl groups is 1. The van der Waals surface area contributed by atoms with Gasteiger partial charge in [-0.25, -0.2) is 4.79 Å². The molecule has 1 aliphatic rings. The Labute approximate surface area is 169 Å². The van der Waals surface area contributed by atoms with Crippen molar-refractivity contribution in [3.05, 3.63) is 51.6 Å². The van der Waals surface area contributed by atoms with Gasteiger partial charge in [-0.2, -0.15) is 18.2 Å². The number of hydrogen-bond donors (Lipinski definition) is 2. The molecule has 0 saturated heterocycles. The highest BCUT2D eigenvalue weighted by Crippen LogP contribution is 2.35. The number of nitrogens with zero attached hydrogens (tertiary/aromatic N) is 2. The fraction of sp³-hybridized carbons (Fsp3) is 0.421. The van der Waals surface area contributed by atoms with Gasteiger partial charge in [0.1, 0.15) is 5.03 Å². The summed E-state index contributed by atoms with van der Waals surface area (Å²) in [5.41, 5.74) is -0.0298. The maximum absolute atomic E-state index is 13.1. The van der Waals surface area contributed by atoms with Crippen LogP contribution in [0.2, 0.25) is 0 Å². The van der Waals surface area contributed by atoms with Crippen LogP contribution in [-0.2, 0) is 30.4 Å². The molecule has 2 N–H and O–H groups in total. The molecule has 1 aromatic heterocycles. The number of aliphatic hydroxyl groups excluding tert-OH is 1. The number of alkyl halides is 3. The third-order valence-corrected chi connectivity index (χ3v) is 5.64. The largest absolute Gasteiger partial charge is 0.418 e. The predicted octanol–water partition coefficient (Wildman–Crippen LogP) is 2.86. The number of thioether (sulfide) groups is 1. The summed E-state index contributed by atoms with van der Waals surface area (Å²) in [5, 5.41) is 11.9. The van der Waals surface area contributed by atoms with Crippen molar-refractivity contribution in [1.29, 1.82) is 0 Å². The zero-order valence-electron chi connectivity index (χ0n) is 15.5. The van der Waals surface area contributed by atoms with Gasteiger partial charge in [-0.05, 0) is 37.8 Å². The summed E-state index contributed by atoms with van der Waals surface area (Å²) < 4.78 is 40.6. The second-order valence-corrected chi connectivity index (χ2v) is 7.55. The number of carbonyl (C=O) groups excluding carboxylic acids is 1. The molecule has 10 heteroatoms. The van der Waals surface area contributed by atoms with Crippen LogP contribution in [-0.4, -0.2) is 32.9 Å². The molecule has 0 unspecified atom stereocenters. The molecule has 1 aromatic carbocycles. The number of rotatable bonds is 6. The molecular formula is C19H20F3N3O3S. The molecule has 1 amide bonds. The third-order valence-electron chi connectivity index (χ3n) is 4.62. The number of aromatic nitrogens is 2. The average molecular weight is 427 g/mol. The Morgan fingerprint density at radius 2 is 1.97 bits per heavy atom. The van der Waals surface area contributed by atoms with Crippen LogP contribution in [0.15, 0.2) is 34.1 Å². The minimum absolute atomic E-state index is 0.161. The van der Waals surface area contributed by atoms with Gasteiger partial charge in [-0.15, -0.1) is 0 Å². The minimum atomic E-state index is -4.57. The highest BCUT2D eigenvalue weighted by atomic mass is 32.2. The predicted molar refractivity (Wildman–Crippen MR) is 103 cm³/mol. The van der Waals surface area contributed by atoms with E-state index < -0.39 is 23.3 Å². The van der Waals surface area contributed by atoms with Crippen LogP contribution in [0.1, 0.15) is 29.7 Å². The number of halogens is 3. The van der Waals surface area contributed by atoms with E-state index in [2.05, 4.69) is 10.3 Å². The van der Waals surface area contributed by atoms with Crippen molar-refractivity contribution >= 4 is 23.4 Å². The molecule has 29 heavy (non-hydrogen) atoms. The SMILES string of the molecule is O=C(CSc1nc(=O)n(CCO)c2c1CCCC2)Nc1ccccc1C(F)(F)F. The van der Waals surface area contributed by atoms with Crippen molar-refractivity contribution in [2.75, 3.05) is 17.7 Å². The number of hydrogen-bond acceptors (Lipinski definition) is 5. The van der Waals surface area contributed by atoms with E-state index >= 15 is 0 Å². The number of anilines is 1. The Kier molecular flexibility index (Phi) is 6.63. The third kappa shape index (κ3) is 4.99. The van der Waals surface area contributed by atoms with Gasteiger partial charge >= 0.3 is 11.9 Å². The Bertz CT molecular complexity index is 960. The molecule has 0 radical (unpaired) electrons. The summed E-state index contributed by atoms with van der Waals surface area (Å²) in [6, 6.07) is 4.77. The summed E-state index contributed by atoms with van der Waals surface area (Å²) in [4.78, 5) is 28.6. The molecule has 0 spiro atoms. The molecule has 2 aromatic rings. The van der Waals surface area contributed by atoms with Gasteiger partial charge in [-0.1, -0.05) is 23.9 Å². The lowest BCUT2D eigenvalue weighted by Crippen LogP contribution is -2.31. The number of amides is 1. The molecule has 1 heterocycles. The highest BCUT2D eigenvalue weighted by molar-refractivity contribution is 8.00. The second kappa shape index (κ2) is 9.00. The number of carbonyl (C=O) groups is 1. The topological polar surface area (TPSA) is 84.2 Å². The Morgan fingerprint density at radius 3 is 2.69 bits per heavy atom. The summed E-state index contributed by atoms with van der Waals surface area (Å²) in [6.45, 7) is -0.0185. The summed E-state index contributed by atoms with van der Waals surface area (Å²) in [6.07, 6.45) is -1.35. The molecule has 6 nitrogen and oxygen atoms in total. The van der Waals surface area contributed by atoms with Crippen LogP contribution in [0, 0.1) is 0 Å². The van der Waals surface area contributed by atoms with Crippen molar-refractivity contribution < 1.29 is 23.1 Å². The normalized spacial score (nSPS) is 13.8. The van der Waals surface area contributed by atoms with Crippen molar-refractivity contribution in [2.45, 2.75) is 43.4 Å². The standard InChI is InChI=1S/C19H20F3N3O3S/c20-19(21,22)13-6-2-3-7-14(13)23-16(27)11-29-17-12-5-1-4-8-15(12)25(9-10-26)18(28)24-17/h2-3,6-7,26H,1,4-5,8-11H2,(H,23,27). The Balaban J connectivity index is 1.76. The first-order chi connectivity index (χ1) is 13.8. The lowest BCUT2D eigenvalue weighted by molar-refractivity contribution is -0.137. The van der Waals surface area contributed by atoms with Crippen molar-refractivity contribution in [3.63, 3.8) is 0 Å². The van der Waals surface area contributed by atoms with Crippen LogP contribution < -0.4 is 11.0 Å². The van der Waals surface area contributed by atoms with Crippen LogP contribution in [0.25, 0.3) is 0 Å². The zero-order valence-corrected chi connectivity index (χ0v) is 16.3. The number of fused-ring (bicyclic) bond motifs is 1. The maximum Gasteiger partial charge on any atom is 0.418 e. The smallest absolute Gasteiger partial charge is 0.395 e. The molecular weight excluding hydrogens is 407 g/mol. The van der Waals surface area contributed by atoms with Gasteiger partial charge in [0.2, 0.25) is 5.91 Å². The number of benzene rings is 1. The van der Waals surface area contributed by atoms with Gasteiger partial charge in [0.15, 0.2) is 0 Å². The van der Waals surface area contributed by atoms with Gasteiger partial charge in [0, 0.05) is 11.3 Å². The summed E-state index contributed by atoms with van der Waals surface area (Å²) in [5.74, 6) is -0.785. The lowest BCUT2D eigenvalue weighted by Gasteiger charge is -2.22. The quantitative estimate of drug-likeness (QED) is 0.547. The van der Waals surface area contributed by atoms with Gasteiger partial charge in [0.25, 0.3) is 0 Å². The van der Waals surface area contributed by atoms with Gasteiger partial charge < -0.3 is 10.4 Å². The van der Waals surface area contributed by atoms with Crippen LogP contribution in [0.5, 0.6) is 0 Å². The molecule has 3 rings (SSSR count). The Hall–Kier alpha value is -2.33. The van der Waals surface area contributed by atoms with Crippen LogP contribution >= 0.6 is 11.8 Å². The minimum Gasteiger partial charge on any atom is -0.395 e. The lowest BCUT2D eigenvalue weighted by atomic mass is 9.97. The monoisotopic (exact) mass is 427 g/mol. The van der Waals surface area contributed by atoms with Gasteiger partial charge in [-0.3, -0.25) is 9.36 Å². The maximum atomic E-state index is 13.1. The zero-order chi connectivity index (χ0) is 21.0. The molecule has 0 atom stereocenters. The first kappa shape index (κ1) is 21.4. The Morgan fingerprint density at radius 1 is 1.24 bits per heavy atom. The molecule has 0 aliphatic heterocycles. The number of nitrogens with one attached hydrogen (secondary N) is 1. The van der Waals surface area contributed by atoms with Crippen LogP contribution in [0.4, 0.5) is 18.9 Å². The highest BCUT2D eigenvalue weighted by Gasteiger charge is 2.33. The van der Waals surface area contributed by atoms with Crippen molar-refractivity contribution in [1.82, 2.24) is 9.55 Å². The molecule has 156 valence electrons. The van der Waals surface area contributed by atoms with Crippen molar-refractivity contribution in [3.8, 4) is 0 Å². The van der Waals surface area contributed by atoms with E-state index in [0.29, 0.717) is 17.9 Å². The first-order valence-electron chi connectivity index (χ1n) is 9.13. The van der Waals surface area contributed by atoms with E-state index in [1.807, 2.05) is 0 Å². The van der Waals surface area contributed by atoms with E-state index in [9.17, 15) is 27.9 Å². The van der Waals surface area contributed by atoms with E-state index in [0.717, 1.165) is 41.9 Å². The van der Waals surface area contributed by atoms with Crippen molar-refractivity contribution in [2.24, 2.45) is 0 Å². The van der Waals surface area contributed by atoms with Crippen LogP contribution in [0.3, 0.4) is 0 Å². The van der Waals surface area contributed by atoms with E-state index in [4.69, 9.17) is 0 Å². The molecule has 0 saturated carbocycles. The fourth-order valence-electron chi connectivity index (χ4n) is 3.36. The van der Waals surface area contributed by atoms with E-state index in [1.54, 1.807) is 0 Å². The van der Waals surface area contributed by atoms with E-state index in [1.165, 1.54) is 22.8 Å². The molecule has 0 bridgehead atoms. The summed E-state index contributed by atoms with van der Waals surface area (Å²) >= 11 is 1.04. The van der Waals surface area contributed by atoms with E-state index in [-0.39, 0.29) is 24.6 Å². The number of para-hydroxylation sites is 1. The molecule has 0 fully saturated rings. The first-order valence-corrected chi connectivity index (χ1v) is 10.1.